The zero-order valence-corrected chi connectivity index (χ0v) is 19.9. The van der Waals surface area contributed by atoms with Gasteiger partial charge < -0.3 is 10.2 Å². The van der Waals surface area contributed by atoms with Gasteiger partial charge in [0.05, 0.1) is 11.9 Å². The van der Waals surface area contributed by atoms with E-state index in [-0.39, 0.29) is 0 Å². The van der Waals surface area contributed by atoms with Crippen molar-refractivity contribution < 1.29 is 0 Å². The normalized spacial score (nSPS) is 14.9. The van der Waals surface area contributed by atoms with Gasteiger partial charge in [-0.3, -0.25) is 0 Å². The Morgan fingerprint density at radius 1 is 1.09 bits per heavy atom. The largest absolute Gasteiger partial charge is 0.350 e. The van der Waals surface area contributed by atoms with Crippen LogP contribution in [0.2, 0.25) is 0 Å². The van der Waals surface area contributed by atoms with Crippen LogP contribution in [-0.2, 0) is 6.54 Å². The SMILES string of the molecule is CCC/C=C/c1cnn2c(NCc3ccccc3-n3cccn3)nc(N3CCC(C)CC3)nc12. The Morgan fingerprint density at radius 2 is 1.94 bits per heavy atom. The molecule has 1 aromatic carbocycles. The third-order valence-corrected chi connectivity index (χ3v) is 6.38. The molecule has 4 aromatic rings. The number of fused-ring (bicyclic) bond motifs is 1. The number of benzene rings is 1. The van der Waals surface area contributed by atoms with Crippen molar-refractivity contribution in [1.82, 2.24) is 29.4 Å². The minimum Gasteiger partial charge on any atom is -0.350 e. The molecule has 3 aromatic heterocycles. The average molecular weight is 457 g/mol. The van der Waals surface area contributed by atoms with Crippen LogP contribution in [0.5, 0.6) is 0 Å². The summed E-state index contributed by atoms with van der Waals surface area (Å²) in [7, 11) is 0. The zero-order chi connectivity index (χ0) is 23.3. The summed E-state index contributed by atoms with van der Waals surface area (Å²) >= 11 is 0. The van der Waals surface area contributed by atoms with Gasteiger partial charge >= 0.3 is 0 Å². The van der Waals surface area contributed by atoms with Gasteiger partial charge in [0.1, 0.15) is 0 Å². The first-order valence-electron chi connectivity index (χ1n) is 12.2. The summed E-state index contributed by atoms with van der Waals surface area (Å²) < 4.78 is 3.70. The Labute approximate surface area is 200 Å². The number of hydrogen-bond acceptors (Lipinski definition) is 6. The number of nitrogens with one attached hydrogen (secondary N) is 1. The lowest BCUT2D eigenvalue weighted by molar-refractivity contribution is 0.434. The molecule has 0 radical (unpaired) electrons. The van der Waals surface area contributed by atoms with Crippen LogP contribution < -0.4 is 10.2 Å². The van der Waals surface area contributed by atoms with Crippen LogP contribution in [0.4, 0.5) is 11.9 Å². The molecule has 1 saturated heterocycles. The molecule has 34 heavy (non-hydrogen) atoms. The van der Waals surface area contributed by atoms with Crippen LogP contribution in [0, 0.1) is 5.92 Å². The van der Waals surface area contributed by atoms with Crippen molar-refractivity contribution in [1.29, 1.82) is 0 Å². The number of para-hydroxylation sites is 1. The molecule has 0 saturated carbocycles. The quantitative estimate of drug-likeness (QED) is 0.403. The zero-order valence-electron chi connectivity index (χ0n) is 19.9. The number of allylic oxidation sites excluding steroid dienone is 1. The molecule has 5 rings (SSSR count). The highest BCUT2D eigenvalue weighted by Crippen LogP contribution is 2.24. The van der Waals surface area contributed by atoms with E-state index in [2.05, 4.69) is 58.5 Å². The second-order valence-corrected chi connectivity index (χ2v) is 8.98. The smallest absolute Gasteiger partial charge is 0.230 e. The molecule has 0 aliphatic carbocycles. The van der Waals surface area contributed by atoms with E-state index in [0.29, 0.717) is 12.5 Å². The maximum absolute atomic E-state index is 4.95. The monoisotopic (exact) mass is 456 g/mol. The molecule has 4 heterocycles. The number of hydrogen-bond donors (Lipinski definition) is 1. The van der Waals surface area contributed by atoms with E-state index in [1.165, 1.54) is 0 Å². The van der Waals surface area contributed by atoms with Crippen LogP contribution in [0.15, 0.2) is 55.0 Å². The Bertz CT molecular complexity index is 1250. The Kier molecular flexibility index (Phi) is 6.56. The van der Waals surface area contributed by atoms with Crippen molar-refractivity contribution in [2.24, 2.45) is 5.92 Å². The van der Waals surface area contributed by atoms with Crippen LogP contribution in [-0.4, -0.2) is 42.5 Å². The first kappa shape index (κ1) is 22.1. The Morgan fingerprint density at radius 3 is 2.74 bits per heavy atom. The van der Waals surface area contributed by atoms with E-state index in [1.807, 2.05) is 39.8 Å². The van der Waals surface area contributed by atoms with Crippen molar-refractivity contribution in [2.45, 2.75) is 46.1 Å². The van der Waals surface area contributed by atoms with Gasteiger partial charge in [0.25, 0.3) is 0 Å². The van der Waals surface area contributed by atoms with E-state index in [0.717, 1.165) is 73.1 Å². The fourth-order valence-electron chi connectivity index (χ4n) is 4.31. The summed E-state index contributed by atoms with van der Waals surface area (Å²) in [4.78, 5) is 12.2. The molecule has 0 amide bonds. The van der Waals surface area contributed by atoms with Gasteiger partial charge in [-0.15, -0.1) is 0 Å². The molecule has 1 N–H and O–H groups in total. The van der Waals surface area contributed by atoms with Crippen molar-refractivity contribution in [3.63, 3.8) is 0 Å². The van der Waals surface area contributed by atoms with Crippen LogP contribution in [0.3, 0.4) is 0 Å². The first-order chi connectivity index (χ1) is 16.7. The van der Waals surface area contributed by atoms with E-state index in [4.69, 9.17) is 9.97 Å². The first-order valence-corrected chi connectivity index (χ1v) is 12.2. The third kappa shape index (κ3) is 4.66. The van der Waals surface area contributed by atoms with Gasteiger partial charge in [-0.25, -0.2) is 4.68 Å². The predicted octanol–water partition coefficient (Wildman–Crippen LogP) is 4.97. The van der Waals surface area contributed by atoms with Crippen LogP contribution in [0.25, 0.3) is 17.4 Å². The van der Waals surface area contributed by atoms with Gasteiger partial charge in [0.2, 0.25) is 11.9 Å². The van der Waals surface area contributed by atoms with E-state index in [1.54, 1.807) is 6.20 Å². The lowest BCUT2D eigenvalue weighted by atomic mass is 10.00. The summed E-state index contributed by atoms with van der Waals surface area (Å²) in [5.74, 6) is 2.22. The number of aromatic nitrogens is 6. The fraction of sp³-hybridized carbons (Fsp3) is 0.385. The molecule has 1 aliphatic rings. The van der Waals surface area contributed by atoms with Crippen LogP contribution >= 0.6 is 0 Å². The van der Waals surface area contributed by atoms with Gasteiger partial charge in [-0.1, -0.05) is 50.6 Å². The maximum Gasteiger partial charge on any atom is 0.230 e. The highest BCUT2D eigenvalue weighted by Gasteiger charge is 2.21. The second-order valence-electron chi connectivity index (χ2n) is 8.98. The van der Waals surface area contributed by atoms with Gasteiger partial charge in [0, 0.05) is 37.6 Å². The van der Waals surface area contributed by atoms with Crippen molar-refractivity contribution in [2.75, 3.05) is 23.3 Å². The molecule has 8 heteroatoms. The predicted molar refractivity (Wildman–Crippen MR) is 136 cm³/mol. The molecule has 0 bridgehead atoms. The molecular weight excluding hydrogens is 424 g/mol. The van der Waals surface area contributed by atoms with E-state index >= 15 is 0 Å². The average Bonchev–Trinajstić information content (AvgIpc) is 3.54. The molecule has 0 atom stereocenters. The molecule has 176 valence electrons. The molecule has 0 unspecified atom stereocenters. The number of piperidine rings is 1. The van der Waals surface area contributed by atoms with Crippen molar-refractivity contribution in [3.8, 4) is 5.69 Å². The molecule has 1 aliphatic heterocycles. The minimum absolute atomic E-state index is 0.597. The topological polar surface area (TPSA) is 76.2 Å². The Balaban J connectivity index is 1.48. The van der Waals surface area contributed by atoms with Crippen molar-refractivity contribution >= 4 is 23.6 Å². The highest BCUT2D eigenvalue weighted by atomic mass is 15.4. The van der Waals surface area contributed by atoms with Crippen LogP contribution in [0.1, 0.15) is 50.7 Å². The lowest BCUT2D eigenvalue weighted by Gasteiger charge is -2.30. The van der Waals surface area contributed by atoms with E-state index < -0.39 is 0 Å². The summed E-state index contributed by atoms with van der Waals surface area (Å²) in [6, 6.07) is 10.2. The van der Waals surface area contributed by atoms with E-state index in [9.17, 15) is 0 Å². The van der Waals surface area contributed by atoms with Crippen molar-refractivity contribution in [3.05, 3.63) is 66.1 Å². The number of rotatable bonds is 8. The van der Waals surface area contributed by atoms with Gasteiger partial charge in [-0.05, 0) is 42.9 Å². The highest BCUT2D eigenvalue weighted by molar-refractivity contribution is 5.67. The lowest BCUT2D eigenvalue weighted by Crippen LogP contribution is -2.34. The number of nitrogens with zero attached hydrogens (tertiary/aromatic N) is 7. The molecule has 8 nitrogen and oxygen atoms in total. The summed E-state index contributed by atoms with van der Waals surface area (Å²) in [6.45, 7) is 7.06. The van der Waals surface area contributed by atoms with Gasteiger partial charge in [0.15, 0.2) is 5.65 Å². The molecular formula is C26H32N8. The molecule has 0 spiro atoms. The standard InChI is InChI=1S/C26H32N8/c1-3-4-5-10-22-19-29-34-24(22)30-26(32-16-12-20(2)13-17-32)31-25(34)27-18-21-9-6-7-11-23(21)33-15-8-14-28-33/h5-11,14-15,19-20H,3-4,12-13,16-18H2,1-2H3,(H,27,30,31)/b10-5+. The molecule has 1 fully saturated rings. The third-order valence-electron chi connectivity index (χ3n) is 6.38. The second kappa shape index (κ2) is 10.1. The summed E-state index contributed by atoms with van der Waals surface area (Å²) in [5, 5.41) is 12.6. The summed E-state index contributed by atoms with van der Waals surface area (Å²) in [6.07, 6.45) is 14.4. The Hall–Kier alpha value is -3.68. The fourth-order valence-corrected chi connectivity index (χ4v) is 4.31. The van der Waals surface area contributed by atoms with Gasteiger partial charge in [-0.2, -0.15) is 24.7 Å². The number of anilines is 2. The minimum atomic E-state index is 0.597. The maximum atomic E-state index is 4.95. The summed E-state index contributed by atoms with van der Waals surface area (Å²) in [5.41, 5.74) is 4.02. The number of unbranched alkanes of at least 4 members (excludes halogenated alkanes) is 1.